The van der Waals surface area contributed by atoms with E-state index in [4.69, 9.17) is 29.4 Å². The Labute approximate surface area is 184 Å². The predicted octanol–water partition coefficient (Wildman–Crippen LogP) is 4.33. The average molecular weight is 428 g/mol. The molecular weight excluding hydrogens is 394 g/mol. The lowest BCUT2D eigenvalue weighted by atomic mass is 9.77. The molecule has 0 saturated heterocycles. The zero-order chi connectivity index (χ0) is 22.8. The number of benzene rings is 2. The van der Waals surface area contributed by atoms with Crippen molar-refractivity contribution in [3.63, 3.8) is 0 Å². The fraction of sp³-hybridized carbons (Fsp3) is 0.440. The highest BCUT2D eigenvalue weighted by Crippen LogP contribution is 2.46. The second-order valence-electron chi connectivity index (χ2n) is 8.36. The van der Waals surface area contributed by atoms with Crippen LogP contribution in [0.4, 0.5) is 0 Å². The van der Waals surface area contributed by atoms with Gasteiger partial charge in [-0.2, -0.15) is 0 Å². The molecule has 0 spiro atoms. The number of nitrogens with two attached hydrogens (primary N) is 1. The van der Waals surface area contributed by atoms with Crippen LogP contribution in [0, 0.1) is 0 Å². The van der Waals surface area contributed by atoms with Gasteiger partial charge in [-0.05, 0) is 32.4 Å². The zero-order valence-electron chi connectivity index (χ0n) is 19.4. The molecule has 3 rings (SSSR count). The topological polar surface area (TPSA) is 72.2 Å². The van der Waals surface area contributed by atoms with Crippen molar-refractivity contribution in [3.8, 4) is 23.0 Å². The number of hydrogen-bond acceptors (Lipinski definition) is 6. The van der Waals surface area contributed by atoms with Crippen molar-refractivity contribution in [2.24, 2.45) is 5.73 Å². The summed E-state index contributed by atoms with van der Waals surface area (Å²) in [4.78, 5) is 0. The fourth-order valence-electron chi connectivity index (χ4n) is 3.83. The van der Waals surface area contributed by atoms with E-state index in [2.05, 4.69) is 6.07 Å². The Bertz CT molecular complexity index is 969. The number of ether oxygens (including phenoxy) is 5. The Hall–Kier alpha value is -2.70. The molecule has 6 heteroatoms. The van der Waals surface area contributed by atoms with Crippen LogP contribution in [0.15, 0.2) is 36.4 Å². The molecule has 0 aliphatic carbocycles. The summed E-state index contributed by atoms with van der Waals surface area (Å²) in [7, 11) is 6.52. The second kappa shape index (κ2) is 8.81. The van der Waals surface area contributed by atoms with Crippen LogP contribution in [0.2, 0.25) is 0 Å². The van der Waals surface area contributed by atoms with Crippen LogP contribution in [0.1, 0.15) is 37.5 Å². The van der Waals surface area contributed by atoms with E-state index in [-0.39, 0.29) is 11.7 Å². The van der Waals surface area contributed by atoms with E-state index in [0.29, 0.717) is 23.7 Å². The van der Waals surface area contributed by atoms with Gasteiger partial charge in [-0.25, -0.2) is 0 Å². The Morgan fingerprint density at radius 1 is 1.03 bits per heavy atom. The highest BCUT2D eigenvalue weighted by atomic mass is 16.5. The summed E-state index contributed by atoms with van der Waals surface area (Å²) in [5.41, 5.74) is 8.67. The van der Waals surface area contributed by atoms with Crippen molar-refractivity contribution in [1.82, 2.24) is 0 Å². The summed E-state index contributed by atoms with van der Waals surface area (Å²) in [5, 5.41) is 0. The summed E-state index contributed by atoms with van der Waals surface area (Å²) in [6, 6.07) is 9.79. The van der Waals surface area contributed by atoms with Gasteiger partial charge in [0.15, 0.2) is 11.5 Å². The number of hydrogen-bond donors (Lipinski definition) is 1. The molecule has 0 bridgehead atoms. The maximum atomic E-state index is 7.01. The minimum absolute atomic E-state index is 0.308. The first-order valence-electron chi connectivity index (χ1n) is 10.3. The average Bonchev–Trinajstić information content (AvgIpc) is 2.77. The molecule has 0 radical (unpaired) electrons. The highest BCUT2D eigenvalue weighted by Gasteiger charge is 2.43. The molecule has 1 heterocycles. The predicted molar refractivity (Wildman–Crippen MR) is 122 cm³/mol. The number of methoxy groups -OCH3 is 4. The normalized spacial score (nSPS) is 20.8. The van der Waals surface area contributed by atoms with Gasteiger partial charge in [0.25, 0.3) is 0 Å². The van der Waals surface area contributed by atoms with Crippen LogP contribution >= 0.6 is 0 Å². The summed E-state index contributed by atoms with van der Waals surface area (Å²) >= 11 is 0. The summed E-state index contributed by atoms with van der Waals surface area (Å²) in [6.07, 6.45) is 4.34. The Morgan fingerprint density at radius 3 is 2.29 bits per heavy atom. The SMILES string of the molecule is COc1cc(OC)c(C2(N)Cc3cccc(/C=C\C(C)(C)OC)c3OC2C)cc1OC. The van der Waals surface area contributed by atoms with Gasteiger partial charge in [-0.15, -0.1) is 0 Å². The first-order chi connectivity index (χ1) is 14.7. The summed E-state index contributed by atoms with van der Waals surface area (Å²) < 4.78 is 28.5. The first kappa shape index (κ1) is 23.0. The number of fused-ring (bicyclic) bond motifs is 1. The molecule has 0 amide bonds. The monoisotopic (exact) mass is 427 g/mol. The van der Waals surface area contributed by atoms with E-state index < -0.39 is 5.54 Å². The van der Waals surface area contributed by atoms with Gasteiger partial charge in [0.1, 0.15) is 17.6 Å². The zero-order valence-corrected chi connectivity index (χ0v) is 19.4. The van der Waals surface area contributed by atoms with E-state index in [1.165, 1.54) is 0 Å². The smallest absolute Gasteiger partial charge is 0.164 e. The maximum Gasteiger partial charge on any atom is 0.164 e. The Balaban J connectivity index is 2.06. The van der Waals surface area contributed by atoms with Crippen LogP contribution in [-0.4, -0.2) is 40.1 Å². The Morgan fingerprint density at radius 2 is 1.68 bits per heavy atom. The maximum absolute atomic E-state index is 7.01. The first-order valence-corrected chi connectivity index (χ1v) is 10.3. The van der Waals surface area contributed by atoms with Crippen LogP contribution in [0.3, 0.4) is 0 Å². The molecule has 2 aromatic carbocycles. The van der Waals surface area contributed by atoms with Gasteiger partial charge in [-0.1, -0.05) is 30.4 Å². The van der Waals surface area contributed by atoms with Crippen molar-refractivity contribution in [2.75, 3.05) is 28.4 Å². The van der Waals surface area contributed by atoms with Crippen LogP contribution in [0.25, 0.3) is 6.08 Å². The Kier molecular flexibility index (Phi) is 6.53. The largest absolute Gasteiger partial charge is 0.496 e. The molecule has 31 heavy (non-hydrogen) atoms. The molecule has 2 N–H and O–H groups in total. The standard InChI is InChI=1S/C25H33NO5/c1-16-25(26,19-13-21(28-5)22(29-6)14-20(19)27-4)15-18-10-8-9-17(23(18)31-16)11-12-24(2,3)30-7/h8-14,16H,15,26H2,1-7H3/b12-11-. The lowest BCUT2D eigenvalue weighted by molar-refractivity contribution is 0.0662. The van der Waals surface area contributed by atoms with Gasteiger partial charge < -0.3 is 29.4 Å². The minimum atomic E-state index is -0.813. The molecule has 2 atom stereocenters. The van der Waals surface area contributed by atoms with Gasteiger partial charge >= 0.3 is 0 Å². The molecule has 6 nitrogen and oxygen atoms in total. The minimum Gasteiger partial charge on any atom is -0.496 e. The van der Waals surface area contributed by atoms with Crippen molar-refractivity contribution in [3.05, 3.63) is 53.1 Å². The van der Waals surface area contributed by atoms with E-state index >= 15 is 0 Å². The lowest BCUT2D eigenvalue weighted by Crippen LogP contribution is -2.53. The van der Waals surface area contributed by atoms with E-state index in [0.717, 1.165) is 22.4 Å². The molecule has 1 aliphatic heterocycles. The van der Waals surface area contributed by atoms with Crippen molar-refractivity contribution >= 4 is 6.08 Å². The van der Waals surface area contributed by atoms with Crippen molar-refractivity contribution in [2.45, 2.75) is 44.4 Å². The molecular formula is C25H33NO5. The molecule has 1 aliphatic rings. The van der Waals surface area contributed by atoms with E-state index in [1.54, 1.807) is 34.5 Å². The molecule has 0 saturated carbocycles. The molecule has 2 unspecified atom stereocenters. The van der Waals surface area contributed by atoms with Crippen LogP contribution < -0.4 is 24.7 Å². The number of para-hydroxylation sites is 1. The quantitative estimate of drug-likeness (QED) is 0.709. The van der Waals surface area contributed by atoms with Gasteiger partial charge in [-0.3, -0.25) is 0 Å². The molecule has 2 aromatic rings. The third-order valence-electron chi connectivity index (χ3n) is 6.03. The molecule has 168 valence electrons. The molecule has 0 aromatic heterocycles. The fourth-order valence-corrected chi connectivity index (χ4v) is 3.83. The van der Waals surface area contributed by atoms with Gasteiger partial charge in [0, 0.05) is 30.7 Å². The third-order valence-corrected chi connectivity index (χ3v) is 6.03. The van der Waals surface area contributed by atoms with E-state index in [9.17, 15) is 0 Å². The summed E-state index contributed by atoms with van der Waals surface area (Å²) in [6.45, 7) is 6.01. The lowest BCUT2D eigenvalue weighted by Gasteiger charge is -2.42. The third kappa shape index (κ3) is 4.36. The molecule has 0 fully saturated rings. The van der Waals surface area contributed by atoms with Gasteiger partial charge in [0.05, 0.1) is 32.5 Å². The van der Waals surface area contributed by atoms with Crippen LogP contribution in [0.5, 0.6) is 23.0 Å². The number of rotatable bonds is 7. The van der Waals surface area contributed by atoms with E-state index in [1.807, 2.05) is 51.1 Å². The van der Waals surface area contributed by atoms with Crippen molar-refractivity contribution < 1.29 is 23.7 Å². The second-order valence-corrected chi connectivity index (χ2v) is 8.36. The van der Waals surface area contributed by atoms with Crippen molar-refractivity contribution in [1.29, 1.82) is 0 Å². The van der Waals surface area contributed by atoms with Gasteiger partial charge in [0.2, 0.25) is 0 Å². The highest BCUT2D eigenvalue weighted by molar-refractivity contribution is 5.63. The summed E-state index contributed by atoms with van der Waals surface area (Å²) in [5.74, 6) is 2.67. The van der Waals surface area contributed by atoms with Crippen LogP contribution in [-0.2, 0) is 16.7 Å².